The van der Waals surface area contributed by atoms with Gasteiger partial charge < -0.3 is 15.4 Å². The number of halogens is 2. The smallest absolute Gasteiger partial charge is 0.358 e. The SMILES string of the molecule is CC(=O)Nc1nc(C(=O)OCC(=O)Nc2ccc(F)cc2F)cs1. The predicted molar refractivity (Wildman–Crippen MR) is 81.7 cm³/mol. The largest absolute Gasteiger partial charge is 0.451 e. The maximum absolute atomic E-state index is 13.4. The van der Waals surface area contributed by atoms with Crippen LogP contribution in [0.25, 0.3) is 0 Å². The number of ether oxygens (including phenoxy) is 1. The van der Waals surface area contributed by atoms with E-state index >= 15 is 0 Å². The quantitative estimate of drug-likeness (QED) is 0.801. The van der Waals surface area contributed by atoms with Crippen LogP contribution in [-0.4, -0.2) is 29.4 Å². The molecule has 2 rings (SSSR count). The second-order valence-electron chi connectivity index (χ2n) is 4.47. The predicted octanol–water partition coefficient (Wildman–Crippen LogP) is 2.18. The number of amides is 2. The fourth-order valence-corrected chi connectivity index (χ4v) is 2.28. The Hall–Kier alpha value is -2.88. The highest BCUT2D eigenvalue weighted by Crippen LogP contribution is 2.16. The highest BCUT2D eigenvalue weighted by atomic mass is 32.1. The molecule has 126 valence electrons. The van der Waals surface area contributed by atoms with Crippen LogP contribution >= 0.6 is 11.3 Å². The number of carbonyl (C=O) groups excluding carboxylic acids is 3. The summed E-state index contributed by atoms with van der Waals surface area (Å²) in [6, 6.07) is 2.63. The molecule has 0 saturated heterocycles. The van der Waals surface area contributed by atoms with Crippen LogP contribution in [0.5, 0.6) is 0 Å². The van der Waals surface area contributed by atoms with Crippen molar-refractivity contribution in [1.82, 2.24) is 4.98 Å². The van der Waals surface area contributed by atoms with Gasteiger partial charge in [-0.1, -0.05) is 0 Å². The van der Waals surface area contributed by atoms with Gasteiger partial charge in [0.05, 0.1) is 5.69 Å². The zero-order chi connectivity index (χ0) is 17.7. The molecular weight excluding hydrogens is 344 g/mol. The summed E-state index contributed by atoms with van der Waals surface area (Å²) in [5, 5.41) is 6.11. The zero-order valence-electron chi connectivity index (χ0n) is 12.3. The van der Waals surface area contributed by atoms with Gasteiger partial charge in [0, 0.05) is 18.4 Å². The summed E-state index contributed by atoms with van der Waals surface area (Å²) < 4.78 is 30.9. The van der Waals surface area contributed by atoms with Gasteiger partial charge >= 0.3 is 5.97 Å². The summed E-state index contributed by atoms with van der Waals surface area (Å²) in [6.45, 7) is 0.612. The molecule has 24 heavy (non-hydrogen) atoms. The van der Waals surface area contributed by atoms with Gasteiger partial charge in [-0.2, -0.15) is 0 Å². The van der Waals surface area contributed by atoms with Crippen LogP contribution in [0.1, 0.15) is 17.4 Å². The first-order valence-corrected chi connectivity index (χ1v) is 7.38. The van der Waals surface area contributed by atoms with Crippen molar-refractivity contribution in [2.75, 3.05) is 17.2 Å². The summed E-state index contributed by atoms with van der Waals surface area (Å²) in [6.07, 6.45) is 0. The van der Waals surface area contributed by atoms with Crippen LogP contribution < -0.4 is 10.6 Å². The van der Waals surface area contributed by atoms with Crippen LogP contribution in [0.4, 0.5) is 19.6 Å². The molecule has 2 aromatic rings. The van der Waals surface area contributed by atoms with E-state index in [1.807, 2.05) is 0 Å². The fourth-order valence-electron chi connectivity index (χ4n) is 1.56. The Morgan fingerprint density at radius 1 is 1.25 bits per heavy atom. The van der Waals surface area contributed by atoms with Gasteiger partial charge in [-0.3, -0.25) is 9.59 Å². The average molecular weight is 355 g/mol. The second-order valence-corrected chi connectivity index (χ2v) is 5.33. The molecule has 0 atom stereocenters. The first kappa shape index (κ1) is 17.5. The molecule has 0 aliphatic rings. The first-order chi connectivity index (χ1) is 11.3. The lowest BCUT2D eigenvalue weighted by molar-refractivity contribution is -0.119. The molecule has 0 aliphatic carbocycles. The number of nitrogens with one attached hydrogen (secondary N) is 2. The molecule has 0 unspecified atom stereocenters. The Kier molecular flexibility index (Phi) is 5.53. The minimum absolute atomic E-state index is 0.0792. The van der Waals surface area contributed by atoms with Crippen LogP contribution in [0.15, 0.2) is 23.6 Å². The molecule has 1 heterocycles. The Morgan fingerprint density at radius 3 is 2.67 bits per heavy atom. The van der Waals surface area contributed by atoms with E-state index in [9.17, 15) is 23.2 Å². The second kappa shape index (κ2) is 7.59. The van der Waals surface area contributed by atoms with E-state index in [1.165, 1.54) is 12.3 Å². The number of thiazole rings is 1. The molecule has 0 bridgehead atoms. The summed E-state index contributed by atoms with van der Waals surface area (Å²) in [5.74, 6) is -3.75. The summed E-state index contributed by atoms with van der Waals surface area (Å²) in [5.41, 5.74) is -0.316. The number of benzene rings is 1. The summed E-state index contributed by atoms with van der Waals surface area (Å²) in [7, 11) is 0. The van der Waals surface area contributed by atoms with E-state index in [4.69, 9.17) is 4.74 Å². The van der Waals surface area contributed by atoms with Gasteiger partial charge in [0.1, 0.15) is 11.6 Å². The van der Waals surface area contributed by atoms with Crippen molar-refractivity contribution >= 4 is 39.9 Å². The Balaban J connectivity index is 1.88. The van der Waals surface area contributed by atoms with Gasteiger partial charge in [-0.15, -0.1) is 11.3 Å². The Bertz CT molecular complexity index is 794. The van der Waals surface area contributed by atoms with Gasteiger partial charge in [0.25, 0.3) is 5.91 Å². The van der Waals surface area contributed by atoms with Crippen molar-refractivity contribution < 1.29 is 27.9 Å². The summed E-state index contributed by atoms with van der Waals surface area (Å²) in [4.78, 5) is 38.0. The standard InChI is InChI=1S/C14H11F2N3O4S/c1-7(20)17-14-19-11(6-24-14)13(22)23-5-12(21)18-10-3-2-8(15)4-9(10)16/h2-4,6H,5H2,1H3,(H,18,21)(H,17,19,20). The number of aromatic nitrogens is 1. The van der Waals surface area contributed by atoms with Crippen molar-refractivity contribution in [2.24, 2.45) is 0 Å². The molecule has 7 nitrogen and oxygen atoms in total. The lowest BCUT2D eigenvalue weighted by atomic mass is 10.3. The number of anilines is 2. The van der Waals surface area contributed by atoms with Gasteiger partial charge in [0.15, 0.2) is 17.4 Å². The van der Waals surface area contributed by atoms with Crippen molar-refractivity contribution in [2.45, 2.75) is 6.92 Å². The maximum atomic E-state index is 13.4. The number of hydrogen-bond acceptors (Lipinski definition) is 6. The third-order valence-corrected chi connectivity index (χ3v) is 3.29. The molecular formula is C14H11F2N3O4S. The number of rotatable bonds is 5. The lowest BCUT2D eigenvalue weighted by Gasteiger charge is -2.06. The van der Waals surface area contributed by atoms with E-state index in [2.05, 4.69) is 15.6 Å². The minimum atomic E-state index is -0.950. The van der Waals surface area contributed by atoms with Crippen LogP contribution in [0, 0.1) is 11.6 Å². The van der Waals surface area contributed by atoms with Crippen LogP contribution in [0.2, 0.25) is 0 Å². The van der Waals surface area contributed by atoms with E-state index in [0.29, 0.717) is 6.07 Å². The minimum Gasteiger partial charge on any atom is -0.451 e. The molecule has 0 aliphatic heterocycles. The van der Waals surface area contributed by atoms with Crippen molar-refractivity contribution in [1.29, 1.82) is 0 Å². The van der Waals surface area contributed by atoms with E-state index in [-0.39, 0.29) is 22.4 Å². The monoisotopic (exact) mass is 355 g/mol. The van der Waals surface area contributed by atoms with Crippen molar-refractivity contribution in [3.05, 3.63) is 40.9 Å². The van der Waals surface area contributed by atoms with E-state index < -0.39 is 30.1 Å². The molecule has 2 N–H and O–H groups in total. The topological polar surface area (TPSA) is 97.4 Å². The molecule has 2 amide bonds. The average Bonchev–Trinajstić information content (AvgIpc) is 2.95. The highest BCUT2D eigenvalue weighted by molar-refractivity contribution is 7.14. The number of hydrogen-bond donors (Lipinski definition) is 2. The molecule has 1 aromatic carbocycles. The van der Waals surface area contributed by atoms with Gasteiger partial charge in [0.2, 0.25) is 5.91 Å². The number of carbonyl (C=O) groups is 3. The molecule has 10 heteroatoms. The Labute approximate surface area is 138 Å². The third-order valence-electron chi connectivity index (χ3n) is 2.54. The molecule has 0 fully saturated rings. The summed E-state index contributed by atoms with van der Waals surface area (Å²) >= 11 is 1.02. The highest BCUT2D eigenvalue weighted by Gasteiger charge is 2.15. The van der Waals surface area contributed by atoms with E-state index in [1.54, 1.807) is 0 Å². The normalized spacial score (nSPS) is 10.1. The molecule has 0 saturated carbocycles. The third kappa shape index (κ3) is 4.81. The number of nitrogens with zero attached hydrogens (tertiary/aromatic N) is 1. The first-order valence-electron chi connectivity index (χ1n) is 6.50. The van der Waals surface area contributed by atoms with Crippen LogP contribution in [0.3, 0.4) is 0 Å². The van der Waals surface area contributed by atoms with Gasteiger partial charge in [-0.05, 0) is 12.1 Å². The molecule has 1 aromatic heterocycles. The van der Waals surface area contributed by atoms with Crippen molar-refractivity contribution in [3.63, 3.8) is 0 Å². The van der Waals surface area contributed by atoms with Crippen LogP contribution in [-0.2, 0) is 14.3 Å². The molecule has 0 radical (unpaired) electrons. The molecule has 0 spiro atoms. The Morgan fingerprint density at radius 2 is 2.00 bits per heavy atom. The maximum Gasteiger partial charge on any atom is 0.358 e. The van der Waals surface area contributed by atoms with E-state index in [0.717, 1.165) is 23.5 Å². The fraction of sp³-hybridized carbons (Fsp3) is 0.143. The number of esters is 1. The zero-order valence-corrected chi connectivity index (χ0v) is 13.1. The van der Waals surface area contributed by atoms with Crippen molar-refractivity contribution in [3.8, 4) is 0 Å². The lowest BCUT2D eigenvalue weighted by Crippen LogP contribution is -2.21. The van der Waals surface area contributed by atoms with Gasteiger partial charge in [-0.25, -0.2) is 18.6 Å².